The third kappa shape index (κ3) is 3.10. The summed E-state index contributed by atoms with van der Waals surface area (Å²) in [6.45, 7) is 2.02. The largest absolute Gasteiger partial charge is 0.382 e. The maximum Gasteiger partial charge on any atom is 0.178 e. The van der Waals surface area contributed by atoms with Crippen molar-refractivity contribution in [1.29, 1.82) is 0 Å². The second-order valence-electron chi connectivity index (χ2n) is 5.76. The van der Waals surface area contributed by atoms with E-state index >= 15 is 0 Å². The molecule has 0 spiro atoms. The first-order valence-electron chi connectivity index (χ1n) is 8.01. The van der Waals surface area contributed by atoms with Gasteiger partial charge in [-0.3, -0.25) is 4.98 Å². The van der Waals surface area contributed by atoms with Gasteiger partial charge in [0, 0.05) is 29.4 Å². The van der Waals surface area contributed by atoms with Gasteiger partial charge < -0.3 is 5.73 Å². The summed E-state index contributed by atoms with van der Waals surface area (Å²) in [5, 5.41) is 10.5. The number of aromatic nitrogens is 4. The van der Waals surface area contributed by atoms with Gasteiger partial charge in [0.05, 0.1) is 6.20 Å². The third-order valence-electron chi connectivity index (χ3n) is 3.86. The Kier molecular flexibility index (Phi) is 4.03. The van der Waals surface area contributed by atoms with Crippen LogP contribution < -0.4 is 5.73 Å². The average Bonchev–Trinajstić information content (AvgIpc) is 2.68. The highest BCUT2D eigenvalue weighted by Crippen LogP contribution is 2.32. The van der Waals surface area contributed by atoms with Crippen molar-refractivity contribution >= 4 is 28.0 Å². The molecule has 0 saturated heterocycles. The lowest BCUT2D eigenvalue weighted by molar-refractivity contribution is 1.13. The molecule has 7 nitrogen and oxygen atoms in total. The summed E-state index contributed by atoms with van der Waals surface area (Å²) in [6, 6.07) is 11.4. The van der Waals surface area contributed by atoms with Crippen LogP contribution >= 0.6 is 0 Å². The van der Waals surface area contributed by atoms with Crippen molar-refractivity contribution in [1.82, 2.24) is 19.9 Å². The molecule has 3 heterocycles. The van der Waals surface area contributed by atoms with Crippen molar-refractivity contribution < 1.29 is 0 Å². The molecule has 0 saturated carbocycles. The second kappa shape index (κ2) is 6.64. The normalized spacial score (nSPS) is 11.3. The number of nitrogens with zero attached hydrogens (tertiary/aromatic N) is 6. The minimum absolute atomic E-state index is 0.342. The highest BCUT2D eigenvalue weighted by atomic mass is 15.1. The predicted molar refractivity (Wildman–Crippen MR) is 100 cm³/mol. The van der Waals surface area contributed by atoms with Gasteiger partial charge >= 0.3 is 0 Å². The summed E-state index contributed by atoms with van der Waals surface area (Å²) in [5.41, 5.74) is 8.96. The second-order valence-corrected chi connectivity index (χ2v) is 5.76. The number of nitrogen functional groups attached to an aromatic ring is 1. The van der Waals surface area contributed by atoms with E-state index in [1.807, 2.05) is 31.2 Å². The van der Waals surface area contributed by atoms with Gasteiger partial charge in [0.2, 0.25) is 0 Å². The van der Waals surface area contributed by atoms with Crippen LogP contribution in [0.25, 0.3) is 22.3 Å². The number of nitrogens with two attached hydrogens (primary N) is 1. The number of fused-ring (bicyclic) bond motifs is 1. The molecule has 2 N–H and O–H groups in total. The van der Waals surface area contributed by atoms with Crippen molar-refractivity contribution in [3.8, 4) is 11.5 Å². The number of rotatable bonds is 3. The van der Waals surface area contributed by atoms with Crippen molar-refractivity contribution in [3.05, 3.63) is 66.7 Å². The molecule has 4 aromatic rings. The van der Waals surface area contributed by atoms with Crippen molar-refractivity contribution in [2.24, 2.45) is 10.2 Å². The Morgan fingerprint density at radius 3 is 2.50 bits per heavy atom. The molecule has 0 amide bonds. The SMILES string of the molecule is Cc1ccc2cnc(N)c(N=Nc3ccc(-c4ncccn4)nc3)c2c1. The van der Waals surface area contributed by atoms with E-state index in [9.17, 15) is 0 Å². The first kappa shape index (κ1) is 15.8. The summed E-state index contributed by atoms with van der Waals surface area (Å²) < 4.78 is 0. The number of pyridine rings is 2. The molecule has 0 aliphatic carbocycles. The molecule has 0 aliphatic heterocycles. The Labute approximate surface area is 149 Å². The standard InChI is InChI=1S/C19H15N7/c1-12-3-4-13-10-24-18(20)17(15(13)9-12)26-25-14-5-6-16(23-11-14)19-21-7-2-8-22-19/h2-11H,1H3,(H2,20,24). The fourth-order valence-electron chi connectivity index (χ4n) is 2.55. The molecule has 3 aromatic heterocycles. The lowest BCUT2D eigenvalue weighted by atomic mass is 10.1. The van der Waals surface area contributed by atoms with Crippen LogP contribution in [0.4, 0.5) is 17.2 Å². The zero-order valence-electron chi connectivity index (χ0n) is 14.0. The molecule has 7 heteroatoms. The molecular formula is C19H15N7. The van der Waals surface area contributed by atoms with Crippen LogP contribution in [-0.4, -0.2) is 19.9 Å². The smallest absolute Gasteiger partial charge is 0.178 e. The van der Waals surface area contributed by atoms with Gasteiger partial charge in [0.1, 0.15) is 17.1 Å². The lowest BCUT2D eigenvalue weighted by Crippen LogP contribution is -1.91. The molecule has 0 unspecified atom stereocenters. The van der Waals surface area contributed by atoms with Gasteiger partial charge in [0.15, 0.2) is 11.6 Å². The fraction of sp³-hybridized carbons (Fsp3) is 0.0526. The Balaban J connectivity index is 1.67. The van der Waals surface area contributed by atoms with Gasteiger partial charge in [-0.05, 0) is 31.2 Å². The van der Waals surface area contributed by atoms with Crippen LogP contribution in [0.5, 0.6) is 0 Å². The van der Waals surface area contributed by atoms with Gasteiger partial charge in [0.25, 0.3) is 0 Å². The van der Waals surface area contributed by atoms with Crippen LogP contribution in [0.2, 0.25) is 0 Å². The first-order valence-corrected chi connectivity index (χ1v) is 8.01. The van der Waals surface area contributed by atoms with Crippen LogP contribution in [0, 0.1) is 6.92 Å². The molecule has 26 heavy (non-hydrogen) atoms. The number of hydrogen-bond acceptors (Lipinski definition) is 7. The zero-order valence-corrected chi connectivity index (χ0v) is 14.0. The molecule has 0 aliphatic rings. The molecule has 0 radical (unpaired) electrons. The summed E-state index contributed by atoms with van der Waals surface area (Å²) in [5.74, 6) is 0.906. The van der Waals surface area contributed by atoms with Crippen LogP contribution in [0.1, 0.15) is 5.56 Å². The molecular weight excluding hydrogens is 326 g/mol. The third-order valence-corrected chi connectivity index (χ3v) is 3.86. The molecule has 0 atom stereocenters. The van der Waals surface area contributed by atoms with E-state index in [2.05, 4.69) is 30.2 Å². The Hall–Kier alpha value is -3.74. The predicted octanol–water partition coefficient (Wildman–Crippen LogP) is 4.39. The van der Waals surface area contributed by atoms with E-state index in [1.54, 1.807) is 36.9 Å². The Morgan fingerprint density at radius 1 is 0.885 bits per heavy atom. The number of benzene rings is 1. The molecule has 126 valence electrons. The fourth-order valence-corrected chi connectivity index (χ4v) is 2.55. The van der Waals surface area contributed by atoms with E-state index in [-0.39, 0.29) is 0 Å². The average molecular weight is 341 g/mol. The van der Waals surface area contributed by atoms with Crippen LogP contribution in [0.15, 0.2) is 71.4 Å². The highest BCUT2D eigenvalue weighted by molar-refractivity contribution is 5.96. The first-order chi connectivity index (χ1) is 12.7. The minimum Gasteiger partial charge on any atom is -0.382 e. The highest BCUT2D eigenvalue weighted by Gasteiger charge is 2.07. The molecule has 0 bridgehead atoms. The number of azo groups is 1. The summed E-state index contributed by atoms with van der Waals surface area (Å²) >= 11 is 0. The summed E-state index contributed by atoms with van der Waals surface area (Å²) in [6.07, 6.45) is 6.71. The lowest BCUT2D eigenvalue weighted by Gasteiger charge is -2.05. The van der Waals surface area contributed by atoms with Crippen molar-refractivity contribution in [2.75, 3.05) is 5.73 Å². The van der Waals surface area contributed by atoms with Gasteiger partial charge in [-0.2, -0.15) is 0 Å². The summed E-state index contributed by atoms with van der Waals surface area (Å²) in [4.78, 5) is 16.9. The Bertz CT molecular complexity index is 1080. The molecule has 0 fully saturated rings. The number of anilines is 1. The van der Waals surface area contributed by atoms with E-state index in [0.717, 1.165) is 16.3 Å². The zero-order chi connectivity index (χ0) is 17.9. The monoisotopic (exact) mass is 341 g/mol. The van der Waals surface area contributed by atoms with E-state index in [0.29, 0.717) is 28.7 Å². The number of hydrogen-bond donors (Lipinski definition) is 1. The topological polar surface area (TPSA) is 102 Å². The van der Waals surface area contributed by atoms with Gasteiger partial charge in [-0.25, -0.2) is 15.0 Å². The maximum absolute atomic E-state index is 6.00. The van der Waals surface area contributed by atoms with Crippen molar-refractivity contribution in [2.45, 2.75) is 6.92 Å². The number of aryl methyl sites for hydroxylation is 1. The minimum atomic E-state index is 0.342. The molecule has 1 aromatic carbocycles. The van der Waals surface area contributed by atoms with Crippen LogP contribution in [0.3, 0.4) is 0 Å². The van der Waals surface area contributed by atoms with E-state index in [1.165, 1.54) is 0 Å². The van der Waals surface area contributed by atoms with E-state index < -0.39 is 0 Å². The maximum atomic E-state index is 6.00. The molecule has 4 rings (SSSR count). The Morgan fingerprint density at radius 2 is 1.73 bits per heavy atom. The van der Waals surface area contributed by atoms with Crippen LogP contribution in [-0.2, 0) is 0 Å². The summed E-state index contributed by atoms with van der Waals surface area (Å²) in [7, 11) is 0. The van der Waals surface area contributed by atoms with Gasteiger partial charge in [-0.15, -0.1) is 10.2 Å². The van der Waals surface area contributed by atoms with E-state index in [4.69, 9.17) is 5.73 Å². The quantitative estimate of drug-likeness (QED) is 0.557. The van der Waals surface area contributed by atoms with Crippen molar-refractivity contribution in [3.63, 3.8) is 0 Å². The van der Waals surface area contributed by atoms with Gasteiger partial charge in [-0.1, -0.05) is 17.7 Å².